The molecule has 5 heteroatoms. The third-order valence-electron chi connectivity index (χ3n) is 2.35. The van der Waals surface area contributed by atoms with Crippen molar-refractivity contribution in [2.45, 2.75) is 57.8 Å². The fourth-order valence-electron chi connectivity index (χ4n) is 1.75. The van der Waals surface area contributed by atoms with E-state index >= 15 is 0 Å². The molecule has 0 radical (unpaired) electrons. The molecule has 0 saturated heterocycles. The highest BCUT2D eigenvalue weighted by Crippen LogP contribution is 2.21. The van der Waals surface area contributed by atoms with Crippen LogP contribution in [-0.4, -0.2) is 30.3 Å². The third-order valence-corrected chi connectivity index (χ3v) is 2.35. The van der Waals surface area contributed by atoms with Crippen molar-refractivity contribution in [2.75, 3.05) is 0 Å². The Hall–Kier alpha value is -1.26. The molecular formula is C11H19NO4. The summed E-state index contributed by atoms with van der Waals surface area (Å²) < 4.78 is 9.98. The van der Waals surface area contributed by atoms with Crippen LogP contribution in [0, 0.1) is 0 Å². The lowest BCUT2D eigenvalue weighted by Gasteiger charge is -2.21. The van der Waals surface area contributed by atoms with Crippen molar-refractivity contribution in [3.05, 3.63) is 0 Å². The van der Waals surface area contributed by atoms with E-state index in [2.05, 4.69) is 5.32 Å². The van der Waals surface area contributed by atoms with E-state index in [1.165, 1.54) is 0 Å². The van der Waals surface area contributed by atoms with E-state index in [0.29, 0.717) is 12.9 Å². The monoisotopic (exact) mass is 229 g/mol. The maximum absolute atomic E-state index is 11.4. The van der Waals surface area contributed by atoms with Crippen molar-refractivity contribution in [1.82, 2.24) is 5.32 Å². The predicted octanol–water partition coefficient (Wildman–Crippen LogP) is 1.61. The van der Waals surface area contributed by atoms with Gasteiger partial charge in [0.25, 0.3) is 6.47 Å². The Kier molecular flexibility index (Phi) is 4.15. The topological polar surface area (TPSA) is 64.6 Å². The van der Waals surface area contributed by atoms with Gasteiger partial charge in [0.1, 0.15) is 11.7 Å². The number of nitrogens with one attached hydrogen (secondary N) is 1. The van der Waals surface area contributed by atoms with Crippen molar-refractivity contribution in [1.29, 1.82) is 0 Å². The average Bonchev–Trinajstić information content (AvgIpc) is 2.49. The fourth-order valence-corrected chi connectivity index (χ4v) is 1.75. The summed E-state index contributed by atoms with van der Waals surface area (Å²) >= 11 is 0. The van der Waals surface area contributed by atoms with Gasteiger partial charge in [0.15, 0.2) is 0 Å². The Morgan fingerprint density at radius 3 is 2.62 bits per heavy atom. The molecule has 0 unspecified atom stereocenters. The number of hydrogen-bond donors (Lipinski definition) is 1. The summed E-state index contributed by atoms with van der Waals surface area (Å²) in [6.45, 7) is 5.92. The number of carbonyl (C=O) groups is 2. The Balaban J connectivity index is 2.28. The molecule has 5 nitrogen and oxygen atoms in total. The molecule has 0 bridgehead atoms. The van der Waals surface area contributed by atoms with Crippen LogP contribution < -0.4 is 5.32 Å². The summed E-state index contributed by atoms with van der Waals surface area (Å²) in [5.41, 5.74) is -0.485. The second kappa shape index (κ2) is 5.18. The van der Waals surface area contributed by atoms with Gasteiger partial charge in [-0.05, 0) is 33.6 Å². The molecule has 1 saturated carbocycles. The standard InChI is InChI=1S/C11H19NO4/c1-11(2,3)16-10(14)12-8-4-5-9(6-8)15-7-13/h7-9H,4-6H2,1-3H3,(H,12,14)/t8-,9-/m1/s1. The summed E-state index contributed by atoms with van der Waals surface area (Å²) in [6.07, 6.45) is 1.79. The zero-order chi connectivity index (χ0) is 12.2. The van der Waals surface area contributed by atoms with Crippen molar-refractivity contribution in [3.8, 4) is 0 Å². The van der Waals surface area contributed by atoms with Gasteiger partial charge in [-0.15, -0.1) is 0 Å². The van der Waals surface area contributed by atoms with Crippen LogP contribution in [0.3, 0.4) is 0 Å². The minimum absolute atomic E-state index is 0.0415. The third kappa shape index (κ3) is 4.51. The summed E-state index contributed by atoms with van der Waals surface area (Å²) in [6, 6.07) is 0.0415. The van der Waals surface area contributed by atoms with Gasteiger partial charge in [-0.25, -0.2) is 4.79 Å². The van der Waals surface area contributed by atoms with E-state index in [9.17, 15) is 9.59 Å². The molecular weight excluding hydrogens is 210 g/mol. The molecule has 1 fully saturated rings. The van der Waals surface area contributed by atoms with Crippen molar-refractivity contribution >= 4 is 12.6 Å². The zero-order valence-electron chi connectivity index (χ0n) is 9.99. The lowest BCUT2D eigenvalue weighted by atomic mass is 10.2. The molecule has 0 aromatic carbocycles. The van der Waals surface area contributed by atoms with Crippen molar-refractivity contribution in [2.24, 2.45) is 0 Å². The molecule has 1 aliphatic carbocycles. The lowest BCUT2D eigenvalue weighted by molar-refractivity contribution is -0.133. The Bertz CT molecular complexity index is 259. The summed E-state index contributed by atoms with van der Waals surface area (Å²) in [4.78, 5) is 21.6. The Labute approximate surface area is 95.5 Å². The van der Waals surface area contributed by atoms with Gasteiger partial charge in [-0.1, -0.05) is 0 Å². The number of amides is 1. The number of alkyl carbamates (subject to hydrolysis) is 1. The van der Waals surface area contributed by atoms with Gasteiger partial charge in [-0.3, -0.25) is 4.79 Å². The highest BCUT2D eigenvalue weighted by atomic mass is 16.6. The molecule has 1 rings (SSSR count). The summed E-state index contributed by atoms with van der Waals surface area (Å²) in [7, 11) is 0. The smallest absolute Gasteiger partial charge is 0.407 e. The fraction of sp³-hybridized carbons (Fsp3) is 0.818. The van der Waals surface area contributed by atoms with Crippen LogP contribution >= 0.6 is 0 Å². The normalized spacial score (nSPS) is 24.9. The zero-order valence-corrected chi connectivity index (χ0v) is 9.99. The molecule has 0 spiro atoms. The molecule has 92 valence electrons. The predicted molar refractivity (Wildman–Crippen MR) is 57.9 cm³/mol. The van der Waals surface area contributed by atoms with Gasteiger partial charge in [-0.2, -0.15) is 0 Å². The van der Waals surface area contributed by atoms with Gasteiger partial charge >= 0.3 is 6.09 Å². The van der Waals surface area contributed by atoms with E-state index in [0.717, 1.165) is 12.8 Å². The second-order valence-corrected chi connectivity index (χ2v) is 5.01. The highest BCUT2D eigenvalue weighted by Gasteiger charge is 2.28. The van der Waals surface area contributed by atoms with Gasteiger partial charge < -0.3 is 14.8 Å². The van der Waals surface area contributed by atoms with E-state index in [-0.39, 0.29) is 12.1 Å². The van der Waals surface area contributed by atoms with Crippen molar-refractivity contribution < 1.29 is 19.1 Å². The van der Waals surface area contributed by atoms with Gasteiger partial charge in [0.2, 0.25) is 0 Å². The molecule has 16 heavy (non-hydrogen) atoms. The molecule has 1 amide bonds. The Morgan fingerprint density at radius 1 is 1.38 bits per heavy atom. The summed E-state index contributed by atoms with van der Waals surface area (Å²) in [5, 5.41) is 2.77. The second-order valence-electron chi connectivity index (χ2n) is 5.01. The van der Waals surface area contributed by atoms with Crippen LogP contribution in [0.4, 0.5) is 4.79 Å². The highest BCUT2D eigenvalue weighted by molar-refractivity contribution is 5.68. The number of rotatable bonds is 3. The van der Waals surface area contributed by atoms with E-state index in [4.69, 9.17) is 9.47 Å². The van der Waals surface area contributed by atoms with Crippen LogP contribution in [0.1, 0.15) is 40.0 Å². The van der Waals surface area contributed by atoms with E-state index in [1.54, 1.807) is 0 Å². The molecule has 0 aromatic heterocycles. The number of ether oxygens (including phenoxy) is 2. The van der Waals surface area contributed by atoms with Crippen molar-refractivity contribution in [3.63, 3.8) is 0 Å². The largest absolute Gasteiger partial charge is 0.465 e. The Morgan fingerprint density at radius 2 is 2.06 bits per heavy atom. The SMILES string of the molecule is CC(C)(C)OC(=O)N[C@@H]1CC[C@@H](OC=O)C1. The van der Waals surface area contributed by atoms with Crippen LogP contribution in [0.15, 0.2) is 0 Å². The quantitative estimate of drug-likeness (QED) is 0.747. The first-order valence-corrected chi connectivity index (χ1v) is 5.49. The molecule has 0 heterocycles. The lowest BCUT2D eigenvalue weighted by Crippen LogP contribution is -2.38. The minimum Gasteiger partial charge on any atom is -0.465 e. The van der Waals surface area contributed by atoms with Crippen LogP contribution in [0.5, 0.6) is 0 Å². The van der Waals surface area contributed by atoms with Gasteiger partial charge in [0, 0.05) is 12.5 Å². The van der Waals surface area contributed by atoms with E-state index in [1.807, 2.05) is 20.8 Å². The average molecular weight is 229 g/mol. The maximum Gasteiger partial charge on any atom is 0.407 e. The van der Waals surface area contributed by atoms with Gasteiger partial charge in [0.05, 0.1) is 0 Å². The van der Waals surface area contributed by atoms with Crippen LogP contribution in [-0.2, 0) is 14.3 Å². The maximum atomic E-state index is 11.4. The minimum atomic E-state index is -0.485. The van der Waals surface area contributed by atoms with E-state index < -0.39 is 11.7 Å². The first kappa shape index (κ1) is 12.8. The first-order valence-electron chi connectivity index (χ1n) is 5.49. The summed E-state index contributed by atoms with van der Waals surface area (Å²) in [5.74, 6) is 0. The molecule has 1 aliphatic rings. The van der Waals surface area contributed by atoms with Crippen LogP contribution in [0.25, 0.3) is 0 Å². The molecule has 0 aromatic rings. The van der Waals surface area contributed by atoms with Crippen LogP contribution in [0.2, 0.25) is 0 Å². The molecule has 2 atom stereocenters. The first-order chi connectivity index (χ1) is 7.40. The number of carbonyl (C=O) groups excluding carboxylic acids is 2. The number of hydrogen-bond acceptors (Lipinski definition) is 4. The molecule has 1 N–H and O–H groups in total. The molecule has 0 aliphatic heterocycles.